The lowest BCUT2D eigenvalue weighted by Gasteiger charge is -2.07. The lowest BCUT2D eigenvalue weighted by atomic mass is 10.2. The highest BCUT2D eigenvalue weighted by Gasteiger charge is 2.08. The fraction of sp³-hybridized carbons (Fsp3) is 0.118. The van der Waals surface area contributed by atoms with E-state index in [4.69, 9.17) is 4.42 Å². The molecule has 0 atom stereocenters. The first-order chi connectivity index (χ1) is 11.7. The minimum atomic E-state index is -0.196. The van der Waals surface area contributed by atoms with Crippen molar-refractivity contribution in [3.8, 4) is 0 Å². The van der Waals surface area contributed by atoms with E-state index >= 15 is 0 Å². The molecule has 4 aromatic rings. The van der Waals surface area contributed by atoms with Gasteiger partial charge in [0.1, 0.15) is 0 Å². The molecule has 3 heterocycles. The number of nitrogens with zero attached hydrogens (tertiary/aromatic N) is 2. The molecular weight excluding hydrogens is 326 g/mol. The van der Waals surface area contributed by atoms with Gasteiger partial charge in [-0.1, -0.05) is 0 Å². The van der Waals surface area contributed by atoms with Crippen LogP contribution in [0.1, 0.15) is 10.4 Å². The van der Waals surface area contributed by atoms with E-state index in [1.807, 2.05) is 18.2 Å². The van der Waals surface area contributed by atoms with E-state index in [1.165, 1.54) is 22.2 Å². The van der Waals surface area contributed by atoms with Crippen LogP contribution in [0.15, 0.2) is 57.5 Å². The number of benzene rings is 1. The van der Waals surface area contributed by atoms with Crippen molar-refractivity contribution in [3.05, 3.63) is 64.2 Å². The average Bonchev–Trinajstić information content (AvgIpc) is 3.24. The summed E-state index contributed by atoms with van der Waals surface area (Å²) in [5, 5.41) is 3.60. The Kier molecular flexibility index (Phi) is 3.62. The van der Waals surface area contributed by atoms with Gasteiger partial charge in [-0.2, -0.15) is 0 Å². The smallest absolute Gasteiger partial charge is 0.294 e. The number of fused-ring (bicyclic) bond motifs is 2. The largest absolute Gasteiger partial charge is 0.459 e. The molecule has 0 spiro atoms. The number of carbonyl (C=O) groups excluding carboxylic acids is 1. The SMILES string of the molecule is O=C(NCCn1ccc2ccoc2c1=O)c1ccc2ncsc2c1. The molecule has 6 nitrogen and oxygen atoms in total. The van der Waals surface area contributed by atoms with Gasteiger partial charge in [0.05, 0.1) is 22.0 Å². The van der Waals surface area contributed by atoms with Crippen molar-refractivity contribution in [1.82, 2.24) is 14.9 Å². The molecule has 1 amide bonds. The Hall–Kier alpha value is -2.93. The molecule has 0 radical (unpaired) electrons. The van der Waals surface area contributed by atoms with Crippen LogP contribution in [0.4, 0.5) is 0 Å². The van der Waals surface area contributed by atoms with Gasteiger partial charge in [0.25, 0.3) is 11.5 Å². The highest BCUT2D eigenvalue weighted by molar-refractivity contribution is 7.16. The van der Waals surface area contributed by atoms with Crippen LogP contribution in [0, 0.1) is 0 Å². The fourth-order valence-electron chi connectivity index (χ4n) is 2.56. The summed E-state index contributed by atoms with van der Waals surface area (Å²) < 4.78 is 7.69. The van der Waals surface area contributed by atoms with Crippen LogP contribution in [0.2, 0.25) is 0 Å². The number of rotatable bonds is 4. The van der Waals surface area contributed by atoms with Crippen molar-refractivity contribution in [2.45, 2.75) is 6.54 Å². The van der Waals surface area contributed by atoms with E-state index in [1.54, 1.807) is 23.8 Å². The van der Waals surface area contributed by atoms with Crippen molar-refractivity contribution < 1.29 is 9.21 Å². The molecule has 0 bridgehead atoms. The first kappa shape index (κ1) is 14.6. The van der Waals surface area contributed by atoms with Gasteiger partial charge < -0.3 is 14.3 Å². The van der Waals surface area contributed by atoms with Crippen LogP contribution < -0.4 is 10.9 Å². The van der Waals surface area contributed by atoms with Gasteiger partial charge in [-0.15, -0.1) is 11.3 Å². The lowest BCUT2D eigenvalue weighted by molar-refractivity contribution is 0.0952. The second-order valence-corrected chi connectivity index (χ2v) is 6.20. The van der Waals surface area contributed by atoms with Gasteiger partial charge >= 0.3 is 0 Å². The minimum absolute atomic E-state index is 0.169. The van der Waals surface area contributed by atoms with Crippen molar-refractivity contribution in [1.29, 1.82) is 0 Å². The van der Waals surface area contributed by atoms with Crippen LogP contribution in [0.3, 0.4) is 0 Å². The van der Waals surface area contributed by atoms with Crippen molar-refractivity contribution >= 4 is 38.4 Å². The second-order valence-electron chi connectivity index (χ2n) is 5.31. The van der Waals surface area contributed by atoms with Crippen molar-refractivity contribution in [3.63, 3.8) is 0 Å². The first-order valence-electron chi connectivity index (χ1n) is 7.40. The van der Waals surface area contributed by atoms with Gasteiger partial charge in [-0.3, -0.25) is 9.59 Å². The van der Waals surface area contributed by atoms with Crippen LogP contribution in [-0.2, 0) is 6.54 Å². The summed E-state index contributed by atoms with van der Waals surface area (Å²) >= 11 is 1.50. The molecule has 4 rings (SSSR count). The summed E-state index contributed by atoms with van der Waals surface area (Å²) in [4.78, 5) is 28.6. The van der Waals surface area contributed by atoms with Crippen LogP contribution in [-0.4, -0.2) is 22.0 Å². The second kappa shape index (κ2) is 5.93. The summed E-state index contributed by atoms with van der Waals surface area (Å²) in [5.41, 5.74) is 3.36. The fourth-order valence-corrected chi connectivity index (χ4v) is 3.27. The van der Waals surface area contributed by atoms with Gasteiger partial charge in [0.15, 0.2) is 5.58 Å². The van der Waals surface area contributed by atoms with Gasteiger partial charge in [0, 0.05) is 30.2 Å². The molecule has 7 heteroatoms. The minimum Gasteiger partial charge on any atom is -0.459 e. The molecule has 0 aliphatic carbocycles. The maximum Gasteiger partial charge on any atom is 0.294 e. The number of carbonyl (C=O) groups is 1. The monoisotopic (exact) mass is 339 g/mol. The normalized spacial score (nSPS) is 11.2. The Morgan fingerprint density at radius 2 is 2.21 bits per heavy atom. The number of hydrogen-bond donors (Lipinski definition) is 1. The van der Waals surface area contributed by atoms with Gasteiger partial charge in [0.2, 0.25) is 0 Å². The Bertz CT molecular complexity index is 1090. The standard InChI is InChI=1S/C17H13N3O3S/c21-16(12-1-2-13-14(9-12)24-10-19-13)18-5-7-20-6-3-11-4-8-23-15(11)17(20)22/h1-4,6,8-10H,5,7H2,(H,18,21). The van der Waals surface area contributed by atoms with Crippen LogP contribution in [0.5, 0.6) is 0 Å². The van der Waals surface area contributed by atoms with Gasteiger partial charge in [-0.25, -0.2) is 4.98 Å². The van der Waals surface area contributed by atoms with Crippen molar-refractivity contribution in [2.24, 2.45) is 0 Å². The zero-order valence-corrected chi connectivity index (χ0v) is 13.4. The molecule has 0 aliphatic rings. The number of amides is 1. The third-order valence-corrected chi connectivity index (χ3v) is 4.61. The number of hydrogen-bond acceptors (Lipinski definition) is 5. The van der Waals surface area contributed by atoms with E-state index in [-0.39, 0.29) is 11.5 Å². The number of thiazole rings is 1. The van der Waals surface area contributed by atoms with Crippen LogP contribution in [0.25, 0.3) is 21.2 Å². The molecule has 0 fully saturated rings. The third kappa shape index (κ3) is 2.59. The highest BCUT2D eigenvalue weighted by atomic mass is 32.1. The Labute approximate surface area is 140 Å². The third-order valence-electron chi connectivity index (χ3n) is 3.82. The zero-order valence-electron chi connectivity index (χ0n) is 12.6. The predicted octanol–water partition coefficient (Wildman–Crippen LogP) is 2.63. The molecule has 3 aromatic heterocycles. The topological polar surface area (TPSA) is 77.1 Å². The van der Waals surface area contributed by atoms with Gasteiger partial charge in [-0.05, 0) is 30.3 Å². The van der Waals surface area contributed by atoms with E-state index in [0.29, 0.717) is 24.2 Å². The predicted molar refractivity (Wildman–Crippen MR) is 92.4 cm³/mol. The molecule has 0 unspecified atom stereocenters. The number of nitrogens with one attached hydrogen (secondary N) is 1. The Balaban J connectivity index is 1.45. The maximum absolute atomic E-state index is 12.2. The summed E-state index contributed by atoms with van der Waals surface area (Å²) in [6.07, 6.45) is 3.20. The Morgan fingerprint density at radius 1 is 1.29 bits per heavy atom. The molecule has 0 saturated carbocycles. The van der Waals surface area contributed by atoms with E-state index < -0.39 is 0 Å². The summed E-state index contributed by atoms with van der Waals surface area (Å²) in [6, 6.07) is 8.97. The van der Waals surface area contributed by atoms with E-state index in [9.17, 15) is 9.59 Å². The molecule has 1 N–H and O–H groups in total. The highest BCUT2D eigenvalue weighted by Crippen LogP contribution is 2.18. The summed E-state index contributed by atoms with van der Waals surface area (Å²) in [7, 11) is 0. The quantitative estimate of drug-likeness (QED) is 0.620. The van der Waals surface area contributed by atoms with Crippen molar-refractivity contribution in [2.75, 3.05) is 6.54 Å². The lowest BCUT2D eigenvalue weighted by Crippen LogP contribution is -2.30. The molecule has 120 valence electrons. The number of pyridine rings is 1. The molecule has 0 saturated heterocycles. The zero-order chi connectivity index (χ0) is 16.5. The number of aromatic nitrogens is 2. The molecular formula is C17H13N3O3S. The first-order valence-corrected chi connectivity index (χ1v) is 8.28. The van der Waals surface area contributed by atoms with Crippen LogP contribution >= 0.6 is 11.3 Å². The number of furan rings is 1. The maximum atomic E-state index is 12.2. The summed E-state index contributed by atoms with van der Waals surface area (Å²) in [6.45, 7) is 0.732. The molecule has 24 heavy (non-hydrogen) atoms. The Morgan fingerprint density at radius 3 is 3.12 bits per heavy atom. The van der Waals surface area contributed by atoms with E-state index in [0.717, 1.165) is 15.6 Å². The molecule has 0 aliphatic heterocycles. The average molecular weight is 339 g/mol. The molecule has 1 aromatic carbocycles. The van der Waals surface area contributed by atoms with E-state index in [2.05, 4.69) is 10.3 Å². The summed E-state index contributed by atoms with van der Waals surface area (Å²) in [5.74, 6) is -0.169.